The predicted octanol–water partition coefficient (Wildman–Crippen LogP) is 2.87. The van der Waals surface area contributed by atoms with Crippen LogP contribution in [-0.2, 0) is 17.6 Å². The molecule has 6 nitrogen and oxygen atoms in total. The van der Waals surface area contributed by atoms with Crippen molar-refractivity contribution in [3.63, 3.8) is 0 Å². The fourth-order valence-corrected chi connectivity index (χ4v) is 2.53. The van der Waals surface area contributed by atoms with E-state index in [1.165, 1.54) is 17.7 Å². The summed E-state index contributed by atoms with van der Waals surface area (Å²) in [5.74, 6) is -0.891. The van der Waals surface area contributed by atoms with Crippen molar-refractivity contribution in [3.05, 3.63) is 71.3 Å². The molecule has 2 N–H and O–H groups in total. The van der Waals surface area contributed by atoms with Crippen LogP contribution in [-0.4, -0.2) is 26.5 Å². The summed E-state index contributed by atoms with van der Waals surface area (Å²) < 4.78 is 13.1. The molecule has 0 aliphatic rings. The Hall–Kier alpha value is -3.09. The second kappa shape index (κ2) is 7.65. The number of nitrogens with zero attached hydrogens (tertiary/aromatic N) is 3. The third-order valence-corrected chi connectivity index (χ3v) is 3.97. The lowest BCUT2D eigenvalue weighted by Crippen LogP contribution is -2.24. The normalized spacial score (nSPS) is 11.9. The Bertz CT molecular complexity index is 816. The molecule has 25 heavy (non-hydrogen) atoms. The van der Waals surface area contributed by atoms with Crippen molar-refractivity contribution >= 4 is 11.6 Å². The first-order valence-corrected chi connectivity index (χ1v) is 8.03. The molecule has 0 fully saturated rings. The number of amides is 1. The summed E-state index contributed by atoms with van der Waals surface area (Å²) in [5, 5.41) is 16.7. The average Bonchev–Trinajstić information content (AvgIpc) is 3.16. The minimum absolute atomic E-state index is 0.241. The molecule has 0 saturated carbocycles. The Kier molecular flexibility index (Phi) is 5.13. The Morgan fingerprint density at radius 1 is 1.12 bits per heavy atom. The van der Waals surface area contributed by atoms with Gasteiger partial charge in [-0.3, -0.25) is 4.79 Å². The van der Waals surface area contributed by atoms with E-state index in [1.54, 1.807) is 12.1 Å². The molecule has 1 amide bonds. The van der Waals surface area contributed by atoms with Crippen LogP contribution in [0.5, 0.6) is 0 Å². The number of halogens is 1. The smallest absolute Gasteiger partial charge is 0.235 e. The van der Waals surface area contributed by atoms with E-state index >= 15 is 0 Å². The van der Waals surface area contributed by atoms with Crippen molar-refractivity contribution in [3.8, 4) is 0 Å². The van der Waals surface area contributed by atoms with Gasteiger partial charge in [0.05, 0.1) is 0 Å². The van der Waals surface area contributed by atoms with Crippen LogP contribution in [0.15, 0.2) is 48.5 Å². The number of H-pyrrole nitrogens is 1. The maximum Gasteiger partial charge on any atom is 0.235 e. The van der Waals surface area contributed by atoms with Crippen LogP contribution in [0.1, 0.15) is 29.8 Å². The molecule has 0 aliphatic heterocycles. The number of carbonyl (C=O) groups is 1. The molecule has 1 aromatic heterocycles. The van der Waals surface area contributed by atoms with Crippen molar-refractivity contribution in [1.29, 1.82) is 0 Å². The summed E-state index contributed by atoms with van der Waals surface area (Å²) >= 11 is 0. The zero-order valence-electron chi connectivity index (χ0n) is 13.7. The highest BCUT2D eigenvalue weighted by Crippen LogP contribution is 2.20. The molecule has 1 heterocycles. The number of anilines is 1. The molecular weight excluding hydrogens is 321 g/mol. The van der Waals surface area contributed by atoms with Crippen molar-refractivity contribution in [2.45, 2.75) is 25.7 Å². The van der Waals surface area contributed by atoms with Gasteiger partial charge >= 0.3 is 0 Å². The first-order chi connectivity index (χ1) is 12.2. The molecule has 2 aromatic carbocycles. The molecule has 128 valence electrons. The van der Waals surface area contributed by atoms with Crippen molar-refractivity contribution in [2.24, 2.45) is 0 Å². The van der Waals surface area contributed by atoms with Gasteiger partial charge in [0.15, 0.2) is 5.82 Å². The van der Waals surface area contributed by atoms with Crippen LogP contribution in [0.25, 0.3) is 0 Å². The number of aromatic nitrogens is 4. The van der Waals surface area contributed by atoms with Crippen molar-refractivity contribution in [2.75, 3.05) is 5.32 Å². The molecule has 0 bridgehead atoms. The largest absolute Gasteiger partial charge is 0.325 e. The lowest BCUT2D eigenvalue weighted by Gasteiger charge is -2.14. The SMILES string of the molecule is CCc1ccc(NC(=O)[C@H](Cc2ccc(F)cc2)c2nn[nH]n2)cc1. The fraction of sp³-hybridized carbons (Fsp3) is 0.222. The summed E-state index contributed by atoms with van der Waals surface area (Å²) in [6.45, 7) is 2.07. The van der Waals surface area contributed by atoms with Gasteiger partial charge in [-0.25, -0.2) is 4.39 Å². The van der Waals surface area contributed by atoms with Gasteiger partial charge in [0.2, 0.25) is 5.91 Å². The zero-order valence-corrected chi connectivity index (χ0v) is 13.7. The third-order valence-electron chi connectivity index (χ3n) is 3.97. The van der Waals surface area contributed by atoms with Crippen LogP contribution >= 0.6 is 0 Å². The topological polar surface area (TPSA) is 83.6 Å². The molecule has 0 unspecified atom stereocenters. The number of tetrazole rings is 1. The van der Waals surface area contributed by atoms with E-state index < -0.39 is 5.92 Å². The highest BCUT2D eigenvalue weighted by molar-refractivity contribution is 5.95. The lowest BCUT2D eigenvalue weighted by molar-refractivity contribution is -0.117. The number of aromatic amines is 1. The van der Waals surface area contributed by atoms with Gasteiger partial charge in [-0.1, -0.05) is 36.4 Å². The molecule has 7 heteroatoms. The van der Waals surface area contributed by atoms with Gasteiger partial charge in [0.25, 0.3) is 0 Å². The first-order valence-electron chi connectivity index (χ1n) is 8.03. The maximum atomic E-state index is 13.1. The summed E-state index contributed by atoms with van der Waals surface area (Å²) in [7, 11) is 0. The highest BCUT2D eigenvalue weighted by atomic mass is 19.1. The standard InChI is InChI=1S/C18H18FN5O/c1-2-12-5-9-15(10-6-12)20-18(25)16(17-21-23-24-22-17)11-13-3-7-14(19)8-4-13/h3-10,16H,2,11H2,1H3,(H,20,25)(H,21,22,23,24)/t16-/m1/s1. The minimum Gasteiger partial charge on any atom is -0.325 e. The molecule has 1 atom stereocenters. The quantitative estimate of drug-likeness (QED) is 0.723. The Morgan fingerprint density at radius 2 is 1.80 bits per heavy atom. The zero-order chi connectivity index (χ0) is 17.6. The van der Waals surface area contributed by atoms with Crippen molar-refractivity contribution < 1.29 is 9.18 Å². The number of carbonyl (C=O) groups excluding carboxylic acids is 1. The third kappa shape index (κ3) is 4.26. The number of nitrogens with one attached hydrogen (secondary N) is 2. The minimum atomic E-state index is -0.630. The van der Waals surface area contributed by atoms with Crippen molar-refractivity contribution in [1.82, 2.24) is 20.6 Å². The Labute approximate surface area is 144 Å². The number of benzene rings is 2. The first kappa shape index (κ1) is 16.8. The van der Waals surface area contributed by atoms with Crippen LogP contribution in [0, 0.1) is 5.82 Å². The van der Waals surface area contributed by atoms with Gasteiger partial charge in [0, 0.05) is 5.69 Å². The summed E-state index contributed by atoms with van der Waals surface area (Å²) in [5.41, 5.74) is 2.71. The average molecular weight is 339 g/mol. The Morgan fingerprint density at radius 3 is 2.40 bits per heavy atom. The van der Waals surface area contributed by atoms with E-state index in [-0.39, 0.29) is 11.7 Å². The number of hydrogen-bond donors (Lipinski definition) is 2. The number of aryl methyl sites for hydroxylation is 1. The summed E-state index contributed by atoms with van der Waals surface area (Å²) in [6.07, 6.45) is 1.28. The maximum absolute atomic E-state index is 13.1. The van der Waals surface area contributed by atoms with Gasteiger partial charge in [-0.05, 0) is 48.2 Å². The summed E-state index contributed by atoms with van der Waals surface area (Å²) in [4.78, 5) is 12.7. The predicted molar refractivity (Wildman–Crippen MR) is 91.5 cm³/mol. The van der Waals surface area contributed by atoms with E-state index in [9.17, 15) is 9.18 Å². The van der Waals surface area contributed by atoms with Gasteiger partial charge in [0.1, 0.15) is 11.7 Å². The van der Waals surface area contributed by atoms with Gasteiger partial charge < -0.3 is 5.32 Å². The van der Waals surface area contributed by atoms with E-state index in [2.05, 4.69) is 32.9 Å². The van der Waals surface area contributed by atoms with Crippen LogP contribution in [0.4, 0.5) is 10.1 Å². The van der Waals surface area contributed by atoms with Crippen LogP contribution in [0.2, 0.25) is 0 Å². The second-order valence-corrected chi connectivity index (χ2v) is 5.69. The molecule has 0 aliphatic carbocycles. The second-order valence-electron chi connectivity index (χ2n) is 5.69. The molecule has 3 aromatic rings. The van der Waals surface area contributed by atoms with E-state index in [0.717, 1.165) is 12.0 Å². The number of rotatable bonds is 6. The van der Waals surface area contributed by atoms with E-state index in [4.69, 9.17) is 0 Å². The molecule has 0 saturated heterocycles. The highest BCUT2D eigenvalue weighted by Gasteiger charge is 2.25. The molecule has 0 spiro atoms. The molecule has 3 rings (SSSR count). The lowest BCUT2D eigenvalue weighted by atomic mass is 9.97. The van der Waals surface area contributed by atoms with Gasteiger partial charge in [-0.2, -0.15) is 5.21 Å². The molecular formula is C18H18FN5O. The monoisotopic (exact) mass is 339 g/mol. The van der Waals surface area contributed by atoms with E-state index in [0.29, 0.717) is 17.9 Å². The Balaban J connectivity index is 1.78. The number of hydrogen-bond acceptors (Lipinski definition) is 4. The van der Waals surface area contributed by atoms with Gasteiger partial charge in [-0.15, -0.1) is 10.2 Å². The van der Waals surface area contributed by atoms with Crippen LogP contribution in [0.3, 0.4) is 0 Å². The van der Waals surface area contributed by atoms with E-state index in [1.807, 2.05) is 24.3 Å². The fourth-order valence-electron chi connectivity index (χ4n) is 2.53. The molecule has 0 radical (unpaired) electrons. The van der Waals surface area contributed by atoms with Crippen LogP contribution < -0.4 is 5.32 Å². The summed E-state index contributed by atoms with van der Waals surface area (Å²) in [6, 6.07) is 13.7.